The smallest absolute Gasteiger partial charge is 0.337 e. The number of rotatable bonds is 13. The number of aliphatic hydroxyl groups is 1. The summed E-state index contributed by atoms with van der Waals surface area (Å²) in [5, 5.41) is 11.2. The van der Waals surface area contributed by atoms with Gasteiger partial charge in [0.05, 0.1) is 24.3 Å². The van der Waals surface area contributed by atoms with Gasteiger partial charge in [0.2, 0.25) is 0 Å². The van der Waals surface area contributed by atoms with E-state index in [-0.39, 0.29) is 11.3 Å². The minimum atomic E-state index is -0.747. The van der Waals surface area contributed by atoms with Crippen molar-refractivity contribution in [2.75, 3.05) is 33.3 Å². The molecule has 2 aromatic carbocycles. The lowest BCUT2D eigenvalue weighted by molar-refractivity contribution is -0.140. The van der Waals surface area contributed by atoms with Crippen LogP contribution in [-0.4, -0.2) is 65.9 Å². The minimum absolute atomic E-state index is 0.0680. The van der Waals surface area contributed by atoms with Gasteiger partial charge in [0.25, 0.3) is 11.7 Å². The number of methoxy groups -OCH3 is 1. The van der Waals surface area contributed by atoms with Crippen molar-refractivity contribution in [1.29, 1.82) is 0 Å². The first-order chi connectivity index (χ1) is 18.3. The highest BCUT2D eigenvalue weighted by Crippen LogP contribution is 2.39. The highest BCUT2D eigenvalue weighted by molar-refractivity contribution is 6.46. The van der Waals surface area contributed by atoms with Gasteiger partial charge in [-0.2, -0.15) is 0 Å². The van der Waals surface area contributed by atoms with E-state index >= 15 is 0 Å². The molecule has 7 heteroatoms. The molecular weight excluding hydrogens is 480 g/mol. The summed E-state index contributed by atoms with van der Waals surface area (Å²) in [4.78, 5) is 42.5. The van der Waals surface area contributed by atoms with Gasteiger partial charge in [-0.3, -0.25) is 9.59 Å². The molecular formula is C31H40N2O5. The summed E-state index contributed by atoms with van der Waals surface area (Å²) in [5.41, 5.74) is 2.59. The van der Waals surface area contributed by atoms with Crippen molar-refractivity contribution in [1.82, 2.24) is 9.80 Å². The lowest BCUT2D eigenvalue weighted by Crippen LogP contribution is -2.34. The zero-order chi connectivity index (χ0) is 27.7. The van der Waals surface area contributed by atoms with Crippen molar-refractivity contribution in [2.24, 2.45) is 0 Å². The number of likely N-dealkylation sites (tertiary alicyclic amines) is 1. The monoisotopic (exact) mass is 520 g/mol. The molecule has 1 saturated heterocycles. The molecule has 0 bridgehead atoms. The second-order valence-corrected chi connectivity index (χ2v) is 9.87. The van der Waals surface area contributed by atoms with E-state index in [0.717, 1.165) is 50.9 Å². The van der Waals surface area contributed by atoms with Crippen LogP contribution >= 0.6 is 0 Å². The maximum atomic E-state index is 13.3. The topological polar surface area (TPSA) is 87.2 Å². The number of aliphatic hydroxyl groups excluding tert-OH is 1. The zero-order valence-electron chi connectivity index (χ0n) is 23.0. The van der Waals surface area contributed by atoms with Crippen LogP contribution in [0.3, 0.4) is 0 Å². The third kappa shape index (κ3) is 6.90. The van der Waals surface area contributed by atoms with Crippen LogP contribution in [0.5, 0.6) is 0 Å². The Bertz CT molecular complexity index is 1130. The summed E-state index contributed by atoms with van der Waals surface area (Å²) in [6, 6.07) is 13.1. The van der Waals surface area contributed by atoms with Crippen molar-refractivity contribution in [3.63, 3.8) is 0 Å². The standard InChI is InChI=1S/C31H40N2O5/c1-5-7-18-32(19-8-6-2)20-9-21-33-27(23-14-16-25(17-15-23)31(37)38-4)26(29(35)30(33)36)28(34)24-12-10-22(3)11-13-24/h10-17,27,34H,5-9,18-21H2,1-4H3/t27-/m0/s1. The van der Waals surface area contributed by atoms with E-state index in [1.807, 2.05) is 19.1 Å². The lowest BCUT2D eigenvalue weighted by atomic mass is 9.94. The van der Waals surface area contributed by atoms with Gasteiger partial charge in [0.1, 0.15) is 5.76 Å². The predicted molar refractivity (Wildman–Crippen MR) is 149 cm³/mol. The largest absolute Gasteiger partial charge is 0.507 e. The fraction of sp³-hybridized carbons (Fsp3) is 0.452. The molecule has 2 aromatic rings. The van der Waals surface area contributed by atoms with Crippen molar-refractivity contribution in [3.05, 3.63) is 76.4 Å². The number of ketones is 1. The highest BCUT2D eigenvalue weighted by atomic mass is 16.5. The fourth-order valence-electron chi connectivity index (χ4n) is 4.81. The Kier molecular flexibility index (Phi) is 10.7. The first-order valence-corrected chi connectivity index (χ1v) is 13.6. The molecule has 1 aliphatic rings. The first kappa shape index (κ1) is 29.1. The van der Waals surface area contributed by atoms with E-state index in [9.17, 15) is 19.5 Å². The van der Waals surface area contributed by atoms with Gasteiger partial charge in [-0.25, -0.2) is 4.79 Å². The molecule has 1 amide bonds. The molecule has 0 saturated carbocycles. The van der Waals surface area contributed by atoms with Crippen LogP contribution in [0.1, 0.15) is 79.0 Å². The van der Waals surface area contributed by atoms with Gasteiger partial charge in [-0.05, 0) is 63.5 Å². The number of carbonyl (C=O) groups excluding carboxylic acids is 3. The van der Waals surface area contributed by atoms with Crippen molar-refractivity contribution < 1.29 is 24.2 Å². The van der Waals surface area contributed by atoms with Gasteiger partial charge in [0.15, 0.2) is 0 Å². The Morgan fingerprint density at radius 1 is 0.895 bits per heavy atom. The van der Waals surface area contributed by atoms with Crippen LogP contribution in [0.4, 0.5) is 0 Å². The number of ether oxygens (including phenoxy) is 1. The Hall–Kier alpha value is -3.45. The number of hydrogen-bond donors (Lipinski definition) is 1. The van der Waals surface area contributed by atoms with Crippen molar-refractivity contribution in [3.8, 4) is 0 Å². The quantitative estimate of drug-likeness (QED) is 0.163. The van der Waals surface area contributed by atoms with Crippen LogP contribution in [0, 0.1) is 6.92 Å². The second-order valence-electron chi connectivity index (χ2n) is 9.87. The average molecular weight is 521 g/mol. The van der Waals surface area contributed by atoms with Crippen LogP contribution in [0.2, 0.25) is 0 Å². The summed E-state index contributed by atoms with van der Waals surface area (Å²) in [5.74, 6) is -1.97. The van der Waals surface area contributed by atoms with Crippen molar-refractivity contribution in [2.45, 2.75) is 58.9 Å². The van der Waals surface area contributed by atoms with Crippen LogP contribution in [0.15, 0.2) is 54.1 Å². The molecule has 1 heterocycles. The van der Waals surface area contributed by atoms with E-state index in [0.29, 0.717) is 29.7 Å². The molecule has 1 atom stereocenters. The maximum Gasteiger partial charge on any atom is 0.337 e. The number of hydrogen-bond acceptors (Lipinski definition) is 6. The third-order valence-corrected chi connectivity index (χ3v) is 7.04. The van der Waals surface area contributed by atoms with Gasteiger partial charge in [-0.15, -0.1) is 0 Å². The Morgan fingerprint density at radius 2 is 1.45 bits per heavy atom. The minimum Gasteiger partial charge on any atom is -0.507 e. The number of Topliss-reactive ketones (excluding diaryl/α,β-unsaturated/α-hetero) is 1. The Balaban J connectivity index is 1.94. The Morgan fingerprint density at radius 3 is 2.00 bits per heavy atom. The number of aryl methyl sites for hydroxylation is 1. The number of carbonyl (C=O) groups is 3. The molecule has 0 unspecified atom stereocenters. The maximum absolute atomic E-state index is 13.3. The Labute approximate surface area is 226 Å². The number of benzene rings is 2. The van der Waals surface area contributed by atoms with E-state index in [4.69, 9.17) is 4.74 Å². The molecule has 3 rings (SSSR count). The molecule has 7 nitrogen and oxygen atoms in total. The summed E-state index contributed by atoms with van der Waals surface area (Å²) < 4.78 is 4.80. The molecule has 0 aliphatic carbocycles. The first-order valence-electron chi connectivity index (χ1n) is 13.6. The highest BCUT2D eigenvalue weighted by Gasteiger charge is 2.45. The predicted octanol–water partition coefficient (Wildman–Crippen LogP) is 5.50. The van der Waals surface area contributed by atoms with Crippen molar-refractivity contribution >= 4 is 23.4 Å². The zero-order valence-corrected chi connectivity index (χ0v) is 23.0. The van der Waals surface area contributed by atoms with Crippen LogP contribution in [0.25, 0.3) is 5.76 Å². The van der Waals surface area contributed by atoms with Gasteiger partial charge >= 0.3 is 5.97 Å². The van der Waals surface area contributed by atoms with E-state index in [1.54, 1.807) is 41.3 Å². The van der Waals surface area contributed by atoms with E-state index in [1.165, 1.54) is 7.11 Å². The lowest BCUT2D eigenvalue weighted by Gasteiger charge is -2.27. The fourth-order valence-corrected chi connectivity index (χ4v) is 4.81. The SMILES string of the molecule is CCCCN(CCCC)CCCN1C(=O)C(=O)C(=C(O)c2ccc(C)cc2)[C@@H]1c1ccc(C(=O)OC)cc1. The molecule has 204 valence electrons. The molecule has 1 N–H and O–H groups in total. The van der Waals surface area contributed by atoms with Gasteiger partial charge < -0.3 is 19.6 Å². The number of esters is 1. The summed E-state index contributed by atoms with van der Waals surface area (Å²) in [7, 11) is 1.32. The summed E-state index contributed by atoms with van der Waals surface area (Å²) >= 11 is 0. The molecule has 1 aliphatic heterocycles. The van der Waals surface area contributed by atoms with Gasteiger partial charge in [0, 0.05) is 12.1 Å². The van der Waals surface area contributed by atoms with E-state index < -0.39 is 23.7 Å². The number of amides is 1. The molecule has 1 fully saturated rings. The third-order valence-electron chi connectivity index (χ3n) is 7.04. The molecule has 0 spiro atoms. The van der Waals surface area contributed by atoms with E-state index in [2.05, 4.69) is 18.7 Å². The average Bonchev–Trinajstić information content (AvgIpc) is 3.18. The molecule has 0 radical (unpaired) electrons. The second kappa shape index (κ2) is 13.9. The normalized spacial score (nSPS) is 16.9. The number of unbranched alkanes of at least 4 members (excludes halogenated alkanes) is 2. The summed E-state index contributed by atoms with van der Waals surface area (Å²) in [6.45, 7) is 9.54. The molecule has 38 heavy (non-hydrogen) atoms. The molecule has 0 aromatic heterocycles. The van der Waals surface area contributed by atoms with Gasteiger partial charge in [-0.1, -0.05) is 68.7 Å². The number of nitrogens with zero attached hydrogens (tertiary/aromatic N) is 2. The van der Waals surface area contributed by atoms with Crippen LogP contribution in [-0.2, 0) is 14.3 Å². The van der Waals surface area contributed by atoms with Crippen LogP contribution < -0.4 is 0 Å². The summed E-state index contributed by atoms with van der Waals surface area (Å²) in [6.07, 6.45) is 5.20.